The van der Waals surface area contributed by atoms with Crippen molar-refractivity contribution in [3.05, 3.63) is 23.8 Å². The van der Waals surface area contributed by atoms with Crippen molar-refractivity contribution in [1.82, 2.24) is 0 Å². The molecule has 2 N–H and O–H groups in total. The normalized spacial score (nSPS) is 9.88. The minimum Gasteiger partial charge on any atom is -0.496 e. The molecule has 5 nitrogen and oxygen atoms in total. The van der Waals surface area contributed by atoms with Gasteiger partial charge in [0.1, 0.15) is 11.3 Å². The van der Waals surface area contributed by atoms with Crippen LogP contribution in [0.4, 0.5) is 5.69 Å². The fourth-order valence-corrected chi connectivity index (χ4v) is 1.14. The molecule has 0 saturated carbocycles. The van der Waals surface area contributed by atoms with Crippen LogP contribution in [0.5, 0.6) is 5.75 Å². The maximum atomic E-state index is 11.6. The predicted octanol–water partition coefficient (Wildman–Crippen LogP) is 1.43. The number of esters is 1. The lowest BCUT2D eigenvalue weighted by Gasteiger charge is -2.09. The summed E-state index contributed by atoms with van der Waals surface area (Å²) in [5.41, 5.74) is 6.35. The van der Waals surface area contributed by atoms with Crippen LogP contribution in [0.15, 0.2) is 18.2 Å². The van der Waals surface area contributed by atoms with Gasteiger partial charge in [-0.05, 0) is 25.1 Å². The van der Waals surface area contributed by atoms with Crippen LogP contribution < -0.4 is 10.5 Å². The average molecular weight is 225 g/mol. The van der Waals surface area contributed by atoms with Crippen molar-refractivity contribution in [2.75, 3.05) is 26.2 Å². The molecule has 5 heteroatoms. The first-order valence-corrected chi connectivity index (χ1v) is 4.87. The monoisotopic (exact) mass is 225 g/mol. The number of methoxy groups -OCH3 is 1. The highest BCUT2D eigenvalue weighted by Crippen LogP contribution is 2.21. The number of anilines is 1. The summed E-state index contributed by atoms with van der Waals surface area (Å²) in [4.78, 5) is 11.6. The standard InChI is InChI=1S/C11H15NO4/c1-3-15-7-16-11(13)9-6-8(12)4-5-10(9)14-2/h4-6H,3,7,12H2,1-2H3. The van der Waals surface area contributed by atoms with Crippen LogP contribution in [-0.2, 0) is 9.47 Å². The molecule has 0 saturated heterocycles. The second-order valence-electron chi connectivity index (χ2n) is 3.00. The summed E-state index contributed by atoms with van der Waals surface area (Å²) >= 11 is 0. The van der Waals surface area contributed by atoms with Crippen molar-refractivity contribution in [3.8, 4) is 5.75 Å². The summed E-state index contributed by atoms with van der Waals surface area (Å²) in [6.45, 7) is 2.23. The number of rotatable bonds is 5. The second-order valence-corrected chi connectivity index (χ2v) is 3.00. The minimum absolute atomic E-state index is 0.0761. The molecule has 0 unspecified atom stereocenters. The molecule has 0 aromatic heterocycles. The number of ether oxygens (including phenoxy) is 3. The number of hydrogen-bond acceptors (Lipinski definition) is 5. The van der Waals surface area contributed by atoms with Crippen LogP contribution in [0.1, 0.15) is 17.3 Å². The van der Waals surface area contributed by atoms with Crippen molar-refractivity contribution in [3.63, 3.8) is 0 Å². The Labute approximate surface area is 94.1 Å². The van der Waals surface area contributed by atoms with Gasteiger partial charge in [0.15, 0.2) is 6.79 Å². The van der Waals surface area contributed by atoms with Gasteiger partial charge >= 0.3 is 5.97 Å². The van der Waals surface area contributed by atoms with Gasteiger partial charge in [0.2, 0.25) is 0 Å². The molecule has 0 fully saturated rings. The molecule has 1 rings (SSSR count). The lowest BCUT2D eigenvalue weighted by Crippen LogP contribution is -2.10. The SMILES string of the molecule is CCOCOC(=O)c1cc(N)ccc1OC. The molecular weight excluding hydrogens is 210 g/mol. The summed E-state index contributed by atoms with van der Waals surface area (Å²) in [6, 6.07) is 4.78. The molecule has 1 aromatic rings. The molecular formula is C11H15NO4. The Morgan fingerprint density at radius 1 is 1.44 bits per heavy atom. The number of nitrogens with two attached hydrogens (primary N) is 1. The molecule has 16 heavy (non-hydrogen) atoms. The number of hydrogen-bond donors (Lipinski definition) is 1. The van der Waals surface area contributed by atoms with Crippen LogP contribution in [0, 0.1) is 0 Å². The average Bonchev–Trinajstić information content (AvgIpc) is 2.29. The van der Waals surface area contributed by atoms with Gasteiger partial charge < -0.3 is 19.9 Å². The van der Waals surface area contributed by atoms with E-state index in [1.54, 1.807) is 12.1 Å². The van der Waals surface area contributed by atoms with Gasteiger partial charge in [-0.2, -0.15) is 0 Å². The third-order valence-corrected chi connectivity index (χ3v) is 1.92. The van der Waals surface area contributed by atoms with Crippen molar-refractivity contribution < 1.29 is 19.0 Å². The molecule has 1 aromatic carbocycles. The Morgan fingerprint density at radius 3 is 2.81 bits per heavy atom. The van der Waals surface area contributed by atoms with Crippen LogP contribution in [-0.4, -0.2) is 26.5 Å². The first-order valence-electron chi connectivity index (χ1n) is 4.87. The molecule has 0 aliphatic rings. The van der Waals surface area contributed by atoms with E-state index in [2.05, 4.69) is 0 Å². The van der Waals surface area contributed by atoms with Crippen molar-refractivity contribution in [2.45, 2.75) is 6.92 Å². The molecule has 0 aliphatic heterocycles. The van der Waals surface area contributed by atoms with Crippen LogP contribution in [0.3, 0.4) is 0 Å². The molecule has 0 spiro atoms. The van der Waals surface area contributed by atoms with E-state index in [-0.39, 0.29) is 6.79 Å². The van der Waals surface area contributed by atoms with E-state index < -0.39 is 5.97 Å². The highest BCUT2D eigenvalue weighted by Gasteiger charge is 2.13. The quantitative estimate of drug-likeness (QED) is 0.355. The topological polar surface area (TPSA) is 70.8 Å². The summed E-state index contributed by atoms with van der Waals surface area (Å²) in [5, 5.41) is 0. The third-order valence-electron chi connectivity index (χ3n) is 1.92. The molecule has 0 radical (unpaired) electrons. The van der Waals surface area contributed by atoms with E-state index in [1.165, 1.54) is 13.2 Å². The number of carbonyl (C=O) groups excluding carboxylic acids is 1. The molecule has 0 atom stereocenters. The summed E-state index contributed by atoms with van der Waals surface area (Å²) in [6.07, 6.45) is 0. The summed E-state index contributed by atoms with van der Waals surface area (Å²) < 4.78 is 14.8. The maximum Gasteiger partial charge on any atom is 0.344 e. The maximum absolute atomic E-state index is 11.6. The Morgan fingerprint density at radius 2 is 2.19 bits per heavy atom. The zero-order chi connectivity index (χ0) is 12.0. The highest BCUT2D eigenvalue weighted by molar-refractivity contribution is 5.93. The summed E-state index contributed by atoms with van der Waals surface area (Å²) in [7, 11) is 1.48. The molecule has 0 aliphatic carbocycles. The van der Waals surface area contributed by atoms with Gasteiger partial charge in [-0.1, -0.05) is 0 Å². The molecule has 0 bridgehead atoms. The van der Waals surface area contributed by atoms with Crippen LogP contribution in [0.25, 0.3) is 0 Å². The number of carbonyl (C=O) groups is 1. The van der Waals surface area contributed by atoms with E-state index in [0.29, 0.717) is 23.6 Å². The van der Waals surface area contributed by atoms with E-state index >= 15 is 0 Å². The van der Waals surface area contributed by atoms with E-state index in [1.807, 2.05) is 6.92 Å². The Hall–Kier alpha value is -1.75. The van der Waals surface area contributed by atoms with E-state index in [0.717, 1.165) is 0 Å². The number of benzene rings is 1. The summed E-state index contributed by atoms with van der Waals surface area (Å²) in [5.74, 6) is -0.0895. The van der Waals surface area contributed by atoms with Crippen molar-refractivity contribution in [1.29, 1.82) is 0 Å². The van der Waals surface area contributed by atoms with Crippen molar-refractivity contribution >= 4 is 11.7 Å². The lowest BCUT2D eigenvalue weighted by molar-refractivity contribution is -0.0276. The highest BCUT2D eigenvalue weighted by atomic mass is 16.7. The molecule has 0 amide bonds. The zero-order valence-corrected chi connectivity index (χ0v) is 9.36. The zero-order valence-electron chi connectivity index (χ0n) is 9.36. The van der Waals surface area contributed by atoms with Crippen LogP contribution >= 0.6 is 0 Å². The largest absolute Gasteiger partial charge is 0.496 e. The molecule has 0 heterocycles. The van der Waals surface area contributed by atoms with Gasteiger partial charge in [0.25, 0.3) is 0 Å². The smallest absolute Gasteiger partial charge is 0.344 e. The number of nitrogen functional groups attached to an aromatic ring is 1. The lowest BCUT2D eigenvalue weighted by atomic mass is 10.2. The van der Waals surface area contributed by atoms with Gasteiger partial charge in [-0.25, -0.2) is 4.79 Å². The third kappa shape index (κ3) is 3.13. The van der Waals surface area contributed by atoms with Crippen molar-refractivity contribution in [2.24, 2.45) is 0 Å². The van der Waals surface area contributed by atoms with Crippen LogP contribution in [0.2, 0.25) is 0 Å². The van der Waals surface area contributed by atoms with E-state index in [4.69, 9.17) is 19.9 Å². The Bertz CT molecular complexity index is 365. The Balaban J connectivity index is 2.76. The fourth-order valence-electron chi connectivity index (χ4n) is 1.14. The van der Waals surface area contributed by atoms with Gasteiger partial charge in [0, 0.05) is 12.3 Å². The molecule has 88 valence electrons. The van der Waals surface area contributed by atoms with Gasteiger partial charge in [0.05, 0.1) is 7.11 Å². The van der Waals surface area contributed by atoms with Gasteiger partial charge in [-0.15, -0.1) is 0 Å². The first kappa shape index (κ1) is 12.3. The Kier molecular flexibility index (Phi) is 4.60. The van der Waals surface area contributed by atoms with Gasteiger partial charge in [-0.3, -0.25) is 0 Å². The first-order chi connectivity index (χ1) is 7.69. The minimum atomic E-state index is -0.516. The fraction of sp³-hybridized carbons (Fsp3) is 0.364. The van der Waals surface area contributed by atoms with E-state index in [9.17, 15) is 4.79 Å². The predicted molar refractivity (Wildman–Crippen MR) is 59.3 cm³/mol. The second kappa shape index (κ2) is 5.97.